The molecule has 1 saturated carbocycles. The summed E-state index contributed by atoms with van der Waals surface area (Å²) in [7, 11) is -3.52. The molecule has 104 valence electrons. The molecular formula is C12H15BrN2O3S. The molecule has 5 nitrogen and oxygen atoms in total. The van der Waals surface area contributed by atoms with Gasteiger partial charge in [-0.1, -0.05) is 28.1 Å². The Hall–Kier alpha value is -0.920. The molecule has 0 saturated heterocycles. The minimum atomic E-state index is -3.52. The molecule has 1 aromatic carbocycles. The first-order valence-electron chi connectivity index (χ1n) is 5.90. The number of amides is 1. The highest BCUT2D eigenvalue weighted by atomic mass is 79.9. The zero-order valence-electron chi connectivity index (χ0n) is 10.2. The number of primary sulfonamides is 1. The van der Waals surface area contributed by atoms with E-state index in [1.165, 1.54) is 0 Å². The zero-order valence-corrected chi connectivity index (χ0v) is 12.6. The molecule has 1 aliphatic rings. The zero-order chi connectivity index (χ0) is 14.0. The van der Waals surface area contributed by atoms with Gasteiger partial charge < -0.3 is 5.32 Å². The summed E-state index contributed by atoms with van der Waals surface area (Å²) in [5.41, 5.74) is 1.13. The first-order chi connectivity index (χ1) is 8.87. The van der Waals surface area contributed by atoms with Crippen LogP contribution in [-0.2, 0) is 14.8 Å². The minimum Gasteiger partial charge on any atom is -0.355 e. The molecule has 7 heteroatoms. The van der Waals surface area contributed by atoms with Gasteiger partial charge >= 0.3 is 0 Å². The molecule has 0 spiro atoms. The Bertz CT molecular complexity index is 588. The number of nitrogens with one attached hydrogen (secondary N) is 1. The van der Waals surface area contributed by atoms with Crippen molar-refractivity contribution in [3.8, 4) is 0 Å². The molecule has 0 aromatic heterocycles. The summed E-state index contributed by atoms with van der Waals surface area (Å²) in [6, 6.07) is 7.87. The topological polar surface area (TPSA) is 89.3 Å². The SMILES string of the molecule is NS(=O)(=O)CCNC(=O)C1CC1c1cccc(Br)c1. The van der Waals surface area contributed by atoms with E-state index in [1.807, 2.05) is 24.3 Å². The number of sulfonamides is 1. The third kappa shape index (κ3) is 4.29. The number of carbonyl (C=O) groups excluding carboxylic acids is 1. The van der Waals surface area contributed by atoms with Crippen LogP contribution in [0, 0.1) is 5.92 Å². The molecule has 0 radical (unpaired) electrons. The molecule has 0 heterocycles. The molecule has 1 aliphatic carbocycles. The fraction of sp³-hybridized carbons (Fsp3) is 0.417. The van der Waals surface area contributed by atoms with Gasteiger partial charge in [0.2, 0.25) is 15.9 Å². The van der Waals surface area contributed by atoms with Crippen LogP contribution in [0.2, 0.25) is 0 Å². The summed E-state index contributed by atoms with van der Waals surface area (Å²) in [5, 5.41) is 7.47. The van der Waals surface area contributed by atoms with Crippen LogP contribution in [0.4, 0.5) is 0 Å². The Morgan fingerprint density at radius 2 is 2.21 bits per heavy atom. The van der Waals surface area contributed by atoms with Gasteiger partial charge in [0.05, 0.1) is 5.75 Å². The Balaban J connectivity index is 1.84. The predicted octanol–water partition coefficient (Wildman–Crippen LogP) is 0.957. The highest BCUT2D eigenvalue weighted by molar-refractivity contribution is 9.10. The second-order valence-electron chi connectivity index (χ2n) is 4.66. The normalized spacial score (nSPS) is 22.0. The van der Waals surface area contributed by atoms with Crippen molar-refractivity contribution in [3.63, 3.8) is 0 Å². The second kappa shape index (κ2) is 5.60. The van der Waals surface area contributed by atoms with Crippen molar-refractivity contribution in [3.05, 3.63) is 34.3 Å². The van der Waals surface area contributed by atoms with Crippen molar-refractivity contribution in [1.29, 1.82) is 0 Å². The van der Waals surface area contributed by atoms with Crippen LogP contribution in [0.1, 0.15) is 17.9 Å². The van der Waals surface area contributed by atoms with Crippen LogP contribution >= 0.6 is 15.9 Å². The summed E-state index contributed by atoms with van der Waals surface area (Å²) in [4.78, 5) is 11.8. The average Bonchev–Trinajstić information content (AvgIpc) is 3.07. The van der Waals surface area contributed by atoms with Crippen molar-refractivity contribution in [2.45, 2.75) is 12.3 Å². The lowest BCUT2D eigenvalue weighted by Gasteiger charge is -2.04. The van der Waals surface area contributed by atoms with Crippen LogP contribution in [-0.4, -0.2) is 26.6 Å². The van der Waals surface area contributed by atoms with Gasteiger partial charge in [0.1, 0.15) is 0 Å². The van der Waals surface area contributed by atoms with Crippen LogP contribution in [0.25, 0.3) is 0 Å². The number of carbonyl (C=O) groups is 1. The average molecular weight is 347 g/mol. The summed E-state index contributed by atoms with van der Waals surface area (Å²) in [6.45, 7) is 0.0688. The second-order valence-corrected chi connectivity index (χ2v) is 7.31. The van der Waals surface area contributed by atoms with E-state index in [-0.39, 0.29) is 30.0 Å². The van der Waals surface area contributed by atoms with Gasteiger partial charge in [0, 0.05) is 16.9 Å². The van der Waals surface area contributed by atoms with Crippen molar-refractivity contribution >= 4 is 31.9 Å². The fourth-order valence-corrected chi connectivity index (χ4v) is 2.84. The Labute approximate surface area is 120 Å². The summed E-state index contributed by atoms with van der Waals surface area (Å²) < 4.78 is 22.5. The predicted molar refractivity (Wildman–Crippen MR) is 76.0 cm³/mol. The molecule has 0 bridgehead atoms. The monoisotopic (exact) mass is 346 g/mol. The summed E-state index contributed by atoms with van der Waals surface area (Å²) in [6.07, 6.45) is 0.803. The van der Waals surface area contributed by atoms with Gasteiger partial charge in [-0.15, -0.1) is 0 Å². The Kier molecular flexibility index (Phi) is 4.27. The lowest BCUT2D eigenvalue weighted by molar-refractivity contribution is -0.122. The van der Waals surface area contributed by atoms with Crippen LogP contribution in [0.5, 0.6) is 0 Å². The lowest BCUT2D eigenvalue weighted by Crippen LogP contribution is -2.32. The number of hydrogen-bond donors (Lipinski definition) is 2. The smallest absolute Gasteiger partial charge is 0.223 e. The number of benzene rings is 1. The van der Waals surface area contributed by atoms with Gasteiger partial charge in [-0.05, 0) is 30.0 Å². The van der Waals surface area contributed by atoms with Crippen molar-refractivity contribution in [2.75, 3.05) is 12.3 Å². The highest BCUT2D eigenvalue weighted by Crippen LogP contribution is 2.47. The van der Waals surface area contributed by atoms with E-state index < -0.39 is 10.0 Å². The number of nitrogens with two attached hydrogens (primary N) is 1. The van der Waals surface area contributed by atoms with Gasteiger partial charge in [-0.3, -0.25) is 4.79 Å². The van der Waals surface area contributed by atoms with Crippen molar-refractivity contribution in [2.24, 2.45) is 11.1 Å². The molecule has 1 aromatic rings. The van der Waals surface area contributed by atoms with E-state index in [0.29, 0.717) is 0 Å². The Morgan fingerprint density at radius 3 is 2.84 bits per heavy atom. The number of hydrogen-bond acceptors (Lipinski definition) is 3. The van der Waals surface area contributed by atoms with E-state index in [9.17, 15) is 13.2 Å². The van der Waals surface area contributed by atoms with Crippen molar-refractivity contribution < 1.29 is 13.2 Å². The first kappa shape index (κ1) is 14.5. The van der Waals surface area contributed by atoms with Crippen molar-refractivity contribution in [1.82, 2.24) is 5.32 Å². The lowest BCUT2D eigenvalue weighted by atomic mass is 10.1. The molecule has 1 fully saturated rings. The van der Waals surface area contributed by atoms with E-state index in [2.05, 4.69) is 21.2 Å². The molecule has 3 N–H and O–H groups in total. The van der Waals surface area contributed by atoms with Gasteiger partial charge in [-0.25, -0.2) is 13.6 Å². The van der Waals surface area contributed by atoms with E-state index in [0.717, 1.165) is 16.5 Å². The highest BCUT2D eigenvalue weighted by Gasteiger charge is 2.43. The molecule has 2 unspecified atom stereocenters. The van der Waals surface area contributed by atoms with Gasteiger partial charge in [-0.2, -0.15) is 0 Å². The van der Waals surface area contributed by atoms with E-state index in [4.69, 9.17) is 5.14 Å². The molecule has 2 rings (SSSR count). The molecule has 2 atom stereocenters. The molecular weight excluding hydrogens is 332 g/mol. The fourth-order valence-electron chi connectivity index (χ4n) is 2.04. The van der Waals surface area contributed by atoms with E-state index in [1.54, 1.807) is 0 Å². The van der Waals surface area contributed by atoms with E-state index >= 15 is 0 Å². The van der Waals surface area contributed by atoms with Crippen LogP contribution in [0.15, 0.2) is 28.7 Å². The number of halogens is 1. The van der Waals surface area contributed by atoms with Gasteiger partial charge in [0.15, 0.2) is 0 Å². The largest absolute Gasteiger partial charge is 0.355 e. The maximum atomic E-state index is 11.8. The molecule has 19 heavy (non-hydrogen) atoms. The number of rotatable bonds is 5. The Morgan fingerprint density at radius 1 is 1.47 bits per heavy atom. The maximum absolute atomic E-state index is 11.8. The quantitative estimate of drug-likeness (QED) is 0.831. The third-order valence-electron chi connectivity index (χ3n) is 3.09. The first-order valence-corrected chi connectivity index (χ1v) is 8.41. The molecule has 0 aliphatic heterocycles. The third-order valence-corrected chi connectivity index (χ3v) is 4.36. The maximum Gasteiger partial charge on any atom is 0.223 e. The standard InChI is InChI=1S/C12H15BrN2O3S/c13-9-3-1-2-8(6-9)10-7-11(10)12(16)15-4-5-19(14,17)18/h1-3,6,10-11H,4-5,7H2,(H,15,16)(H2,14,17,18). The minimum absolute atomic E-state index is 0.0604. The molecule has 1 amide bonds. The van der Waals surface area contributed by atoms with Gasteiger partial charge in [0.25, 0.3) is 0 Å². The van der Waals surface area contributed by atoms with Crippen LogP contribution < -0.4 is 10.5 Å². The summed E-state index contributed by atoms with van der Waals surface area (Å²) in [5.74, 6) is -0.164. The van der Waals surface area contributed by atoms with Crippen LogP contribution in [0.3, 0.4) is 0 Å². The summed E-state index contributed by atoms with van der Waals surface area (Å²) >= 11 is 3.40.